The summed E-state index contributed by atoms with van der Waals surface area (Å²) in [5.74, 6) is -0.707. The van der Waals surface area contributed by atoms with Gasteiger partial charge in [0.15, 0.2) is 5.60 Å². The van der Waals surface area contributed by atoms with Crippen LogP contribution in [0.1, 0.15) is 27.9 Å². The maximum absolute atomic E-state index is 13.9. The van der Waals surface area contributed by atoms with Gasteiger partial charge in [0.05, 0.1) is 22.3 Å². The summed E-state index contributed by atoms with van der Waals surface area (Å²) in [6.07, 6.45) is 0.0863. The first-order valence-electron chi connectivity index (χ1n) is 12.4. The van der Waals surface area contributed by atoms with Crippen LogP contribution in [-0.4, -0.2) is 46.3 Å². The standard InChI is InChI=1S/C28H23ClN4O5S/c29-18-7-9-21-20(14-18)28(38-27(37)31-21)10-11-33(15-28)26(36)22(12-16-4-2-1-3-5-16)30-24(34)17-6-8-19-23(13-17)39-32-25(19)35/h1-9,13-14,22H,10-12,15H2,(H,30,34)(H,31,37)(H,32,35). The fraction of sp³-hybridized carbons (Fsp3) is 0.214. The Balaban J connectivity index is 1.27. The Bertz CT molecular complexity index is 1670. The summed E-state index contributed by atoms with van der Waals surface area (Å²) < 4.78 is 9.09. The summed E-state index contributed by atoms with van der Waals surface area (Å²) in [5.41, 5.74) is 1.31. The second-order valence-corrected chi connectivity index (χ2v) is 11.0. The lowest BCUT2D eigenvalue weighted by molar-refractivity contribution is -0.133. The molecule has 11 heteroatoms. The largest absolute Gasteiger partial charge is 0.436 e. The lowest BCUT2D eigenvalue weighted by Gasteiger charge is -2.35. The Hall–Kier alpha value is -4.15. The Kier molecular flexibility index (Phi) is 6.36. The predicted molar refractivity (Wildman–Crippen MR) is 148 cm³/mol. The van der Waals surface area contributed by atoms with E-state index in [1.807, 2.05) is 30.3 Å². The molecule has 1 spiro atoms. The zero-order valence-corrected chi connectivity index (χ0v) is 22.1. The maximum Gasteiger partial charge on any atom is 0.412 e. The van der Waals surface area contributed by atoms with E-state index in [1.54, 1.807) is 41.3 Å². The van der Waals surface area contributed by atoms with Gasteiger partial charge in [-0.25, -0.2) is 4.79 Å². The fourth-order valence-electron chi connectivity index (χ4n) is 5.25. The van der Waals surface area contributed by atoms with E-state index in [4.69, 9.17) is 16.3 Å². The summed E-state index contributed by atoms with van der Waals surface area (Å²) in [6.45, 7) is 0.472. The molecule has 3 N–H and O–H groups in total. The van der Waals surface area contributed by atoms with Crippen molar-refractivity contribution >= 4 is 56.8 Å². The number of fused-ring (bicyclic) bond motifs is 3. The molecule has 0 aliphatic carbocycles. The van der Waals surface area contributed by atoms with Crippen LogP contribution in [0.3, 0.4) is 0 Å². The van der Waals surface area contributed by atoms with E-state index in [0.717, 1.165) is 17.1 Å². The van der Waals surface area contributed by atoms with E-state index in [2.05, 4.69) is 15.0 Å². The number of aromatic nitrogens is 1. The van der Waals surface area contributed by atoms with Crippen LogP contribution >= 0.6 is 23.1 Å². The number of halogens is 1. The molecular weight excluding hydrogens is 540 g/mol. The van der Waals surface area contributed by atoms with E-state index in [0.29, 0.717) is 44.9 Å². The Labute approximate surface area is 231 Å². The highest BCUT2D eigenvalue weighted by atomic mass is 35.5. The number of nitrogens with zero attached hydrogens (tertiary/aromatic N) is 1. The fourth-order valence-corrected chi connectivity index (χ4v) is 6.19. The average molecular weight is 563 g/mol. The number of carbonyl (C=O) groups is 3. The van der Waals surface area contributed by atoms with Crippen molar-refractivity contribution in [2.45, 2.75) is 24.5 Å². The van der Waals surface area contributed by atoms with E-state index < -0.39 is 23.6 Å². The number of nitrogens with one attached hydrogen (secondary N) is 3. The molecule has 2 aliphatic rings. The third-order valence-electron chi connectivity index (χ3n) is 7.17. The zero-order valence-electron chi connectivity index (χ0n) is 20.5. The van der Waals surface area contributed by atoms with Crippen LogP contribution in [-0.2, 0) is 21.6 Å². The molecule has 2 unspecified atom stereocenters. The number of ether oxygens (including phenoxy) is 1. The molecule has 1 aromatic heterocycles. The van der Waals surface area contributed by atoms with Gasteiger partial charge in [-0.3, -0.25) is 24.1 Å². The molecule has 4 aromatic rings. The lowest BCUT2D eigenvalue weighted by Crippen LogP contribution is -2.50. The molecule has 0 saturated carbocycles. The molecule has 0 radical (unpaired) electrons. The van der Waals surface area contributed by atoms with Crippen molar-refractivity contribution in [3.63, 3.8) is 0 Å². The van der Waals surface area contributed by atoms with Gasteiger partial charge in [0.1, 0.15) is 6.04 Å². The quantitative estimate of drug-likeness (QED) is 0.335. The smallest absolute Gasteiger partial charge is 0.412 e. The van der Waals surface area contributed by atoms with E-state index in [-0.39, 0.29) is 24.4 Å². The van der Waals surface area contributed by atoms with E-state index in [9.17, 15) is 19.2 Å². The molecule has 1 saturated heterocycles. The van der Waals surface area contributed by atoms with Crippen molar-refractivity contribution in [3.05, 3.63) is 98.8 Å². The number of hydrogen-bond acceptors (Lipinski definition) is 6. The SMILES string of the molecule is O=C1Nc2ccc(Cl)cc2C2(CCN(C(=O)C(Cc3ccccc3)NC(=O)c3ccc4c(=O)[nH]sc4c3)C2)O1. The van der Waals surface area contributed by atoms with Gasteiger partial charge < -0.3 is 15.0 Å². The minimum absolute atomic E-state index is 0.136. The van der Waals surface area contributed by atoms with Crippen molar-refractivity contribution < 1.29 is 19.1 Å². The molecule has 3 aromatic carbocycles. The number of likely N-dealkylation sites (tertiary alicyclic amines) is 1. The summed E-state index contributed by atoms with van der Waals surface area (Å²) >= 11 is 7.41. The number of benzene rings is 3. The highest BCUT2D eigenvalue weighted by Crippen LogP contribution is 2.43. The number of aromatic amines is 1. The highest BCUT2D eigenvalue weighted by Gasteiger charge is 2.49. The Morgan fingerprint density at radius 3 is 2.74 bits per heavy atom. The van der Waals surface area contributed by atoms with Crippen LogP contribution in [0.4, 0.5) is 10.5 Å². The predicted octanol–water partition coefficient (Wildman–Crippen LogP) is 4.27. The van der Waals surface area contributed by atoms with Crippen molar-refractivity contribution in [1.29, 1.82) is 0 Å². The minimum atomic E-state index is -1.03. The second-order valence-electron chi connectivity index (χ2n) is 9.67. The maximum atomic E-state index is 13.9. The van der Waals surface area contributed by atoms with Crippen LogP contribution in [0, 0.1) is 0 Å². The molecular formula is C28H23ClN4O5S. The van der Waals surface area contributed by atoms with Gasteiger partial charge in [-0.2, -0.15) is 0 Å². The van der Waals surface area contributed by atoms with Crippen LogP contribution in [0.25, 0.3) is 10.1 Å². The molecule has 2 aliphatic heterocycles. The molecule has 1 fully saturated rings. The minimum Gasteiger partial charge on any atom is -0.436 e. The van der Waals surface area contributed by atoms with Gasteiger partial charge in [-0.15, -0.1) is 0 Å². The van der Waals surface area contributed by atoms with E-state index in [1.165, 1.54) is 0 Å². The van der Waals surface area contributed by atoms with Crippen molar-refractivity contribution in [2.75, 3.05) is 18.4 Å². The summed E-state index contributed by atoms with van der Waals surface area (Å²) in [7, 11) is 0. The molecule has 2 atom stereocenters. The van der Waals surface area contributed by atoms with Gasteiger partial charge >= 0.3 is 6.09 Å². The summed E-state index contributed by atoms with van der Waals surface area (Å²) in [4.78, 5) is 53.1. The Morgan fingerprint density at radius 2 is 1.92 bits per heavy atom. The number of hydrogen-bond donors (Lipinski definition) is 3. The van der Waals surface area contributed by atoms with Crippen LogP contribution in [0.2, 0.25) is 5.02 Å². The van der Waals surface area contributed by atoms with Crippen LogP contribution < -0.4 is 16.2 Å². The van der Waals surface area contributed by atoms with Gasteiger partial charge in [-0.05, 0) is 42.0 Å². The van der Waals surface area contributed by atoms with Gasteiger partial charge in [-0.1, -0.05) is 53.5 Å². The topological polar surface area (TPSA) is 121 Å². The molecule has 6 rings (SSSR count). The van der Waals surface area contributed by atoms with E-state index >= 15 is 0 Å². The molecule has 9 nitrogen and oxygen atoms in total. The first kappa shape index (κ1) is 25.1. The second kappa shape index (κ2) is 9.87. The summed E-state index contributed by atoms with van der Waals surface area (Å²) in [5, 5.41) is 6.60. The van der Waals surface area contributed by atoms with Crippen molar-refractivity contribution in [2.24, 2.45) is 0 Å². The average Bonchev–Trinajstić information content (AvgIpc) is 3.52. The van der Waals surface area contributed by atoms with Gasteiger partial charge in [0, 0.05) is 35.5 Å². The number of carbonyl (C=O) groups excluding carboxylic acids is 3. The monoisotopic (exact) mass is 562 g/mol. The molecule has 39 heavy (non-hydrogen) atoms. The highest BCUT2D eigenvalue weighted by molar-refractivity contribution is 7.13. The number of H-pyrrole nitrogens is 1. The molecule has 3 amide bonds. The third kappa shape index (κ3) is 4.77. The van der Waals surface area contributed by atoms with Crippen molar-refractivity contribution in [1.82, 2.24) is 14.6 Å². The normalized spacial score (nSPS) is 18.9. The first-order chi connectivity index (χ1) is 18.8. The van der Waals surface area contributed by atoms with Gasteiger partial charge in [0.25, 0.3) is 11.5 Å². The zero-order chi connectivity index (χ0) is 27.1. The summed E-state index contributed by atoms with van der Waals surface area (Å²) in [6, 6.07) is 18.5. The molecule has 0 bridgehead atoms. The first-order valence-corrected chi connectivity index (χ1v) is 13.6. The third-order valence-corrected chi connectivity index (χ3v) is 8.25. The molecule has 3 heterocycles. The Morgan fingerprint density at radius 1 is 1.10 bits per heavy atom. The van der Waals surface area contributed by atoms with Crippen LogP contribution in [0.15, 0.2) is 71.5 Å². The number of anilines is 1. The lowest BCUT2D eigenvalue weighted by atomic mass is 9.90. The van der Waals surface area contributed by atoms with Crippen LogP contribution in [0.5, 0.6) is 0 Å². The number of rotatable bonds is 5. The van der Waals surface area contributed by atoms with Gasteiger partial charge in [0.2, 0.25) is 5.91 Å². The van der Waals surface area contributed by atoms with Crippen molar-refractivity contribution in [3.8, 4) is 0 Å². The number of amides is 3. The molecule has 198 valence electrons.